The molecule has 2 saturated heterocycles. The van der Waals surface area contributed by atoms with Gasteiger partial charge >= 0.3 is 6.09 Å². The van der Waals surface area contributed by atoms with E-state index in [9.17, 15) is 4.79 Å². The standard InChI is InChI=1S/C23H24ClN3O2/c24-17-5-7-18(8-6-17)27-15-19(29-23(27)28)14-26-11-9-16(10-12-26)21-13-25-22-4-2-1-3-20(21)22/h1-8,13,16,19,25H,9-12,14-15H2. The van der Waals surface area contributed by atoms with Crippen LogP contribution in [0.15, 0.2) is 54.7 Å². The molecule has 2 aliphatic heterocycles. The van der Waals surface area contributed by atoms with Crippen LogP contribution in [0, 0.1) is 0 Å². The van der Waals surface area contributed by atoms with Crippen LogP contribution in [0.3, 0.4) is 0 Å². The van der Waals surface area contributed by atoms with Gasteiger partial charge in [-0.3, -0.25) is 9.80 Å². The molecule has 5 rings (SSSR count). The molecule has 0 radical (unpaired) electrons. The van der Waals surface area contributed by atoms with Crippen molar-refractivity contribution in [1.82, 2.24) is 9.88 Å². The lowest BCUT2D eigenvalue weighted by molar-refractivity contribution is 0.0977. The first-order chi connectivity index (χ1) is 14.2. The molecular weight excluding hydrogens is 386 g/mol. The van der Waals surface area contributed by atoms with Gasteiger partial charge in [0.2, 0.25) is 0 Å². The number of carbonyl (C=O) groups is 1. The zero-order valence-corrected chi connectivity index (χ0v) is 16.9. The Kier molecular flexibility index (Phi) is 4.94. The number of hydrogen-bond donors (Lipinski definition) is 1. The Balaban J connectivity index is 1.18. The first kappa shape index (κ1) is 18.5. The number of aromatic amines is 1. The molecule has 29 heavy (non-hydrogen) atoms. The zero-order chi connectivity index (χ0) is 19.8. The fourth-order valence-corrected chi connectivity index (χ4v) is 4.72. The van der Waals surface area contributed by atoms with Crippen LogP contribution in [0.4, 0.5) is 10.5 Å². The molecule has 2 aliphatic rings. The zero-order valence-electron chi connectivity index (χ0n) is 16.2. The van der Waals surface area contributed by atoms with Crippen LogP contribution in [-0.2, 0) is 4.74 Å². The number of para-hydroxylation sites is 1. The van der Waals surface area contributed by atoms with Crippen molar-refractivity contribution >= 4 is 34.3 Å². The van der Waals surface area contributed by atoms with Gasteiger partial charge in [0.1, 0.15) is 6.10 Å². The number of ether oxygens (including phenoxy) is 1. The van der Waals surface area contributed by atoms with Crippen molar-refractivity contribution in [2.75, 3.05) is 31.1 Å². The molecule has 0 aliphatic carbocycles. The Morgan fingerprint density at radius 3 is 2.62 bits per heavy atom. The minimum Gasteiger partial charge on any atom is -0.443 e. The molecule has 150 valence electrons. The first-order valence-corrected chi connectivity index (χ1v) is 10.6. The summed E-state index contributed by atoms with van der Waals surface area (Å²) in [6.07, 6.45) is 4.06. The molecular formula is C23H24ClN3O2. The number of hydrogen-bond acceptors (Lipinski definition) is 3. The number of nitrogens with one attached hydrogen (secondary N) is 1. The second-order valence-corrected chi connectivity index (χ2v) is 8.39. The molecule has 2 fully saturated rings. The second-order valence-electron chi connectivity index (χ2n) is 7.96. The third kappa shape index (κ3) is 3.72. The summed E-state index contributed by atoms with van der Waals surface area (Å²) in [4.78, 5) is 19.8. The minimum atomic E-state index is -0.272. The number of carbonyl (C=O) groups excluding carboxylic acids is 1. The number of fused-ring (bicyclic) bond motifs is 1. The summed E-state index contributed by atoms with van der Waals surface area (Å²) < 4.78 is 5.63. The van der Waals surface area contributed by atoms with Crippen LogP contribution in [-0.4, -0.2) is 48.3 Å². The van der Waals surface area contributed by atoms with Gasteiger partial charge in [-0.1, -0.05) is 29.8 Å². The van der Waals surface area contributed by atoms with Gasteiger partial charge in [-0.2, -0.15) is 0 Å². The van der Waals surface area contributed by atoms with Crippen LogP contribution < -0.4 is 4.90 Å². The van der Waals surface area contributed by atoms with E-state index in [4.69, 9.17) is 16.3 Å². The van der Waals surface area contributed by atoms with Crippen molar-refractivity contribution in [3.05, 3.63) is 65.3 Å². The largest absolute Gasteiger partial charge is 0.443 e. The normalized spacial score (nSPS) is 21.1. The minimum absolute atomic E-state index is 0.0946. The highest BCUT2D eigenvalue weighted by Gasteiger charge is 2.34. The van der Waals surface area contributed by atoms with Gasteiger partial charge in [0.25, 0.3) is 0 Å². The van der Waals surface area contributed by atoms with E-state index < -0.39 is 0 Å². The van der Waals surface area contributed by atoms with Gasteiger partial charge in [-0.15, -0.1) is 0 Å². The Labute approximate surface area is 175 Å². The predicted molar refractivity (Wildman–Crippen MR) is 116 cm³/mol. The second kappa shape index (κ2) is 7.73. The van der Waals surface area contributed by atoms with Gasteiger partial charge < -0.3 is 9.72 Å². The van der Waals surface area contributed by atoms with Crippen LogP contribution >= 0.6 is 11.6 Å². The lowest BCUT2D eigenvalue weighted by Gasteiger charge is -2.32. The number of piperidine rings is 1. The van der Waals surface area contributed by atoms with Gasteiger partial charge in [-0.25, -0.2) is 4.79 Å². The summed E-state index contributed by atoms with van der Waals surface area (Å²) in [5.74, 6) is 0.582. The van der Waals surface area contributed by atoms with Gasteiger partial charge in [0, 0.05) is 34.4 Å². The van der Waals surface area contributed by atoms with E-state index in [0.717, 1.165) is 38.2 Å². The maximum atomic E-state index is 12.3. The van der Waals surface area contributed by atoms with Crippen LogP contribution in [0.2, 0.25) is 5.02 Å². The van der Waals surface area contributed by atoms with E-state index in [1.807, 2.05) is 12.1 Å². The highest BCUT2D eigenvalue weighted by molar-refractivity contribution is 6.30. The van der Waals surface area contributed by atoms with Crippen molar-refractivity contribution in [2.24, 2.45) is 0 Å². The summed E-state index contributed by atoms with van der Waals surface area (Å²) >= 11 is 5.95. The first-order valence-electron chi connectivity index (χ1n) is 10.2. The van der Waals surface area contributed by atoms with Crippen molar-refractivity contribution < 1.29 is 9.53 Å². The molecule has 5 nitrogen and oxygen atoms in total. The molecule has 2 aromatic carbocycles. The highest BCUT2D eigenvalue weighted by Crippen LogP contribution is 2.33. The lowest BCUT2D eigenvalue weighted by Crippen LogP contribution is -2.39. The van der Waals surface area contributed by atoms with E-state index in [1.54, 1.807) is 17.0 Å². The number of aromatic nitrogens is 1. The van der Waals surface area contributed by atoms with Gasteiger partial charge in [0.05, 0.1) is 6.54 Å². The van der Waals surface area contributed by atoms with Gasteiger partial charge in [-0.05, 0) is 67.7 Å². The number of benzene rings is 2. The van der Waals surface area contributed by atoms with Gasteiger partial charge in [0.15, 0.2) is 0 Å². The number of rotatable bonds is 4. The maximum Gasteiger partial charge on any atom is 0.414 e. The molecule has 3 heterocycles. The number of halogens is 1. The van der Waals surface area contributed by atoms with E-state index in [1.165, 1.54) is 16.5 Å². The summed E-state index contributed by atoms with van der Waals surface area (Å²) in [6.45, 7) is 3.43. The van der Waals surface area contributed by atoms with E-state index in [-0.39, 0.29) is 12.2 Å². The van der Waals surface area contributed by atoms with Crippen LogP contribution in [0.25, 0.3) is 10.9 Å². The number of amides is 1. The third-order valence-corrected chi connectivity index (χ3v) is 6.37. The topological polar surface area (TPSA) is 48.6 Å². The van der Waals surface area contributed by atoms with E-state index in [2.05, 4.69) is 40.3 Å². The molecule has 0 spiro atoms. The summed E-state index contributed by atoms with van der Waals surface area (Å²) in [6, 6.07) is 15.8. The van der Waals surface area contributed by atoms with E-state index >= 15 is 0 Å². The fourth-order valence-electron chi connectivity index (χ4n) is 4.59. The molecule has 1 atom stereocenters. The monoisotopic (exact) mass is 409 g/mol. The highest BCUT2D eigenvalue weighted by atomic mass is 35.5. The van der Waals surface area contributed by atoms with Crippen molar-refractivity contribution in [3.63, 3.8) is 0 Å². The van der Waals surface area contributed by atoms with Crippen LogP contribution in [0.5, 0.6) is 0 Å². The van der Waals surface area contributed by atoms with Crippen molar-refractivity contribution in [2.45, 2.75) is 24.9 Å². The maximum absolute atomic E-state index is 12.3. The number of likely N-dealkylation sites (tertiary alicyclic amines) is 1. The molecule has 3 aromatic rings. The molecule has 1 N–H and O–H groups in total. The molecule has 0 bridgehead atoms. The molecule has 1 amide bonds. The molecule has 0 saturated carbocycles. The number of anilines is 1. The van der Waals surface area contributed by atoms with Crippen LogP contribution in [0.1, 0.15) is 24.3 Å². The average Bonchev–Trinajstić information content (AvgIpc) is 3.33. The quantitative estimate of drug-likeness (QED) is 0.657. The smallest absolute Gasteiger partial charge is 0.414 e. The molecule has 6 heteroatoms. The number of H-pyrrole nitrogens is 1. The summed E-state index contributed by atoms with van der Waals surface area (Å²) in [7, 11) is 0. The Morgan fingerprint density at radius 1 is 1.07 bits per heavy atom. The van der Waals surface area contributed by atoms with Crippen molar-refractivity contribution in [3.8, 4) is 0 Å². The van der Waals surface area contributed by atoms with E-state index in [0.29, 0.717) is 17.5 Å². The summed E-state index contributed by atoms with van der Waals surface area (Å²) in [5, 5.41) is 2.00. The Morgan fingerprint density at radius 2 is 1.83 bits per heavy atom. The lowest BCUT2D eigenvalue weighted by atomic mass is 9.89. The summed E-state index contributed by atoms with van der Waals surface area (Å²) in [5.41, 5.74) is 3.48. The SMILES string of the molecule is O=C1OC(CN2CCC(c3c[nH]c4ccccc34)CC2)CN1c1ccc(Cl)cc1. The van der Waals surface area contributed by atoms with Crippen molar-refractivity contribution in [1.29, 1.82) is 0 Å². The predicted octanol–water partition coefficient (Wildman–Crippen LogP) is 5.03. The third-order valence-electron chi connectivity index (χ3n) is 6.12. The molecule has 1 aromatic heterocycles. The number of nitrogens with zero attached hydrogens (tertiary/aromatic N) is 2. The Hall–Kier alpha value is -2.50. The number of cyclic esters (lactones) is 1. The average molecular weight is 410 g/mol. The Bertz CT molecular complexity index is 1010. The fraction of sp³-hybridized carbons (Fsp3) is 0.348. The molecule has 1 unspecified atom stereocenters.